The largest absolute Gasteiger partial charge is 0.378 e. The Morgan fingerprint density at radius 1 is 1.35 bits per heavy atom. The first-order chi connectivity index (χ1) is 11.2. The van der Waals surface area contributed by atoms with Gasteiger partial charge in [-0.25, -0.2) is 4.98 Å². The molecule has 6 nitrogen and oxygen atoms in total. The van der Waals surface area contributed by atoms with Crippen LogP contribution in [0.15, 0.2) is 12.5 Å². The van der Waals surface area contributed by atoms with Gasteiger partial charge in [-0.2, -0.15) is 5.10 Å². The van der Waals surface area contributed by atoms with E-state index >= 15 is 0 Å². The molecule has 124 valence electrons. The van der Waals surface area contributed by atoms with Crippen LogP contribution in [0.2, 0.25) is 0 Å². The molecule has 1 fully saturated rings. The molecule has 0 atom stereocenters. The van der Waals surface area contributed by atoms with Crippen LogP contribution in [0, 0.1) is 5.92 Å². The van der Waals surface area contributed by atoms with E-state index in [0.717, 1.165) is 44.2 Å². The van der Waals surface area contributed by atoms with Crippen molar-refractivity contribution in [3.05, 3.63) is 35.2 Å². The summed E-state index contributed by atoms with van der Waals surface area (Å²) < 4.78 is 9.75. The minimum absolute atomic E-state index is 0.611. The van der Waals surface area contributed by atoms with Crippen LogP contribution in [0.25, 0.3) is 0 Å². The molecule has 2 aliphatic rings. The molecule has 2 aromatic rings. The van der Waals surface area contributed by atoms with Crippen molar-refractivity contribution in [1.29, 1.82) is 0 Å². The molecule has 6 heteroatoms. The molecule has 0 amide bonds. The molecule has 0 bridgehead atoms. The summed E-state index contributed by atoms with van der Waals surface area (Å²) in [6, 6.07) is 0. The van der Waals surface area contributed by atoms with Gasteiger partial charge < -0.3 is 9.30 Å². The number of hydrogen-bond acceptors (Lipinski definition) is 4. The van der Waals surface area contributed by atoms with E-state index in [1.807, 2.05) is 12.5 Å². The fourth-order valence-electron chi connectivity index (χ4n) is 3.47. The monoisotopic (exact) mass is 315 g/mol. The Kier molecular flexibility index (Phi) is 3.95. The quantitative estimate of drug-likeness (QED) is 0.814. The molecule has 4 rings (SSSR count). The Bertz CT molecular complexity index is 685. The van der Waals surface area contributed by atoms with E-state index in [1.54, 1.807) is 7.11 Å². The van der Waals surface area contributed by atoms with Crippen LogP contribution in [0.1, 0.15) is 35.5 Å². The molecule has 0 unspecified atom stereocenters. The minimum atomic E-state index is 0.611. The van der Waals surface area contributed by atoms with Crippen molar-refractivity contribution in [3.8, 4) is 0 Å². The number of imidazole rings is 1. The predicted molar refractivity (Wildman–Crippen MR) is 86.7 cm³/mol. The zero-order valence-corrected chi connectivity index (χ0v) is 14.0. The standard InChI is InChI=1S/C17H25N5O/c1-20-12-18-7-14(20)9-21-6-5-17-15(10-21)16(11-23-2)19-22(17)8-13-3-4-13/h7,12-13H,3-6,8-11H2,1-2H3. The number of methoxy groups -OCH3 is 1. The maximum absolute atomic E-state index is 5.38. The molecule has 0 saturated heterocycles. The fraction of sp³-hybridized carbons (Fsp3) is 0.647. The van der Waals surface area contributed by atoms with Gasteiger partial charge in [0.05, 0.1) is 24.3 Å². The number of rotatable bonds is 6. The Hall–Kier alpha value is -1.66. The second-order valence-corrected chi connectivity index (χ2v) is 6.89. The topological polar surface area (TPSA) is 48.1 Å². The molecule has 23 heavy (non-hydrogen) atoms. The molecular formula is C17H25N5O. The summed E-state index contributed by atoms with van der Waals surface area (Å²) in [7, 11) is 3.81. The third-order valence-electron chi connectivity index (χ3n) is 5.01. The van der Waals surface area contributed by atoms with Crippen LogP contribution in [0.5, 0.6) is 0 Å². The third kappa shape index (κ3) is 3.05. The Morgan fingerprint density at radius 3 is 2.91 bits per heavy atom. The van der Waals surface area contributed by atoms with Gasteiger partial charge in [0, 0.05) is 64.2 Å². The van der Waals surface area contributed by atoms with Gasteiger partial charge in [-0.05, 0) is 18.8 Å². The van der Waals surface area contributed by atoms with Crippen LogP contribution in [0.3, 0.4) is 0 Å². The summed E-state index contributed by atoms with van der Waals surface area (Å²) in [6.07, 6.45) is 7.63. The van der Waals surface area contributed by atoms with Gasteiger partial charge in [0.2, 0.25) is 0 Å². The third-order valence-corrected chi connectivity index (χ3v) is 5.01. The van der Waals surface area contributed by atoms with Crippen molar-refractivity contribution >= 4 is 0 Å². The van der Waals surface area contributed by atoms with Crippen molar-refractivity contribution < 1.29 is 4.74 Å². The van der Waals surface area contributed by atoms with Gasteiger partial charge >= 0.3 is 0 Å². The second kappa shape index (κ2) is 6.09. The lowest BCUT2D eigenvalue weighted by molar-refractivity contribution is 0.177. The first-order valence-electron chi connectivity index (χ1n) is 8.48. The fourth-order valence-corrected chi connectivity index (χ4v) is 3.47. The van der Waals surface area contributed by atoms with Crippen molar-refractivity contribution in [2.45, 2.75) is 45.5 Å². The highest BCUT2D eigenvalue weighted by atomic mass is 16.5. The highest BCUT2D eigenvalue weighted by molar-refractivity contribution is 5.29. The van der Waals surface area contributed by atoms with E-state index in [1.165, 1.54) is 29.8 Å². The average molecular weight is 315 g/mol. The zero-order chi connectivity index (χ0) is 15.8. The molecule has 1 aliphatic heterocycles. The molecule has 0 radical (unpaired) electrons. The van der Waals surface area contributed by atoms with Gasteiger partial charge in [-0.1, -0.05) is 0 Å². The minimum Gasteiger partial charge on any atom is -0.378 e. The van der Waals surface area contributed by atoms with E-state index in [2.05, 4.69) is 26.2 Å². The molecule has 0 spiro atoms. The summed E-state index contributed by atoms with van der Waals surface area (Å²) >= 11 is 0. The first kappa shape index (κ1) is 14.9. The average Bonchev–Trinajstić information content (AvgIpc) is 3.19. The predicted octanol–water partition coefficient (Wildman–Crippen LogP) is 1.73. The normalized spacial score (nSPS) is 18.3. The molecule has 3 heterocycles. The van der Waals surface area contributed by atoms with Crippen LogP contribution in [-0.4, -0.2) is 37.9 Å². The highest BCUT2D eigenvalue weighted by Crippen LogP contribution is 2.33. The molecule has 1 saturated carbocycles. The summed E-state index contributed by atoms with van der Waals surface area (Å²) in [5, 5.41) is 4.86. The summed E-state index contributed by atoms with van der Waals surface area (Å²) in [6.45, 7) is 4.69. The van der Waals surface area contributed by atoms with Crippen LogP contribution in [-0.2, 0) is 44.4 Å². The van der Waals surface area contributed by atoms with Gasteiger partial charge in [-0.15, -0.1) is 0 Å². The lowest BCUT2D eigenvalue weighted by atomic mass is 10.0. The first-order valence-corrected chi connectivity index (χ1v) is 8.48. The number of nitrogens with zero attached hydrogens (tertiary/aromatic N) is 5. The van der Waals surface area contributed by atoms with Crippen LogP contribution < -0.4 is 0 Å². The van der Waals surface area contributed by atoms with Crippen LogP contribution >= 0.6 is 0 Å². The zero-order valence-electron chi connectivity index (χ0n) is 14.0. The van der Waals surface area contributed by atoms with Crippen LogP contribution in [0.4, 0.5) is 0 Å². The maximum Gasteiger partial charge on any atom is 0.0945 e. The number of ether oxygens (including phenoxy) is 1. The summed E-state index contributed by atoms with van der Waals surface area (Å²) in [5.74, 6) is 0.849. The van der Waals surface area contributed by atoms with Crippen molar-refractivity contribution in [3.63, 3.8) is 0 Å². The molecule has 1 aliphatic carbocycles. The smallest absolute Gasteiger partial charge is 0.0945 e. The number of aryl methyl sites for hydroxylation is 1. The maximum atomic E-state index is 5.38. The van der Waals surface area contributed by atoms with E-state index in [0.29, 0.717) is 6.61 Å². The summed E-state index contributed by atoms with van der Waals surface area (Å²) in [4.78, 5) is 6.71. The van der Waals surface area contributed by atoms with Crippen molar-refractivity contribution in [2.24, 2.45) is 13.0 Å². The van der Waals surface area contributed by atoms with Gasteiger partial charge in [0.1, 0.15) is 0 Å². The molecule has 0 N–H and O–H groups in total. The SMILES string of the molecule is COCc1nn(CC2CC2)c2c1CN(Cc1cncn1C)CC2. The van der Waals surface area contributed by atoms with E-state index in [4.69, 9.17) is 9.84 Å². The van der Waals surface area contributed by atoms with E-state index in [-0.39, 0.29) is 0 Å². The lowest BCUT2D eigenvalue weighted by Gasteiger charge is -2.27. The van der Waals surface area contributed by atoms with Gasteiger partial charge in [0.15, 0.2) is 0 Å². The molecule has 2 aromatic heterocycles. The molecule has 0 aromatic carbocycles. The van der Waals surface area contributed by atoms with Crippen molar-refractivity contribution in [1.82, 2.24) is 24.2 Å². The summed E-state index contributed by atoms with van der Waals surface area (Å²) in [5.41, 5.74) is 5.20. The molecular weight excluding hydrogens is 290 g/mol. The van der Waals surface area contributed by atoms with Crippen molar-refractivity contribution in [2.75, 3.05) is 13.7 Å². The lowest BCUT2D eigenvalue weighted by Crippen LogP contribution is -2.31. The van der Waals surface area contributed by atoms with Gasteiger partial charge in [-0.3, -0.25) is 9.58 Å². The number of hydrogen-bond donors (Lipinski definition) is 0. The highest BCUT2D eigenvalue weighted by Gasteiger charge is 2.28. The van der Waals surface area contributed by atoms with Gasteiger partial charge in [0.25, 0.3) is 0 Å². The Morgan fingerprint density at radius 2 is 2.22 bits per heavy atom. The number of fused-ring (bicyclic) bond motifs is 1. The Labute approximate surface area is 137 Å². The Balaban J connectivity index is 1.54. The van der Waals surface area contributed by atoms with E-state index in [9.17, 15) is 0 Å². The number of aromatic nitrogens is 4. The van der Waals surface area contributed by atoms with E-state index < -0.39 is 0 Å². The second-order valence-electron chi connectivity index (χ2n) is 6.89.